The number of nitrogens with one attached hydrogen (secondary N) is 1. The Morgan fingerprint density at radius 1 is 1.10 bits per heavy atom. The summed E-state index contributed by atoms with van der Waals surface area (Å²) >= 11 is 0. The van der Waals surface area contributed by atoms with Gasteiger partial charge in [0.2, 0.25) is 0 Å². The van der Waals surface area contributed by atoms with Gasteiger partial charge in [0.05, 0.1) is 22.8 Å². The van der Waals surface area contributed by atoms with Gasteiger partial charge in [0.15, 0.2) is 0 Å². The Balaban J connectivity index is 1.52. The van der Waals surface area contributed by atoms with Gasteiger partial charge in [-0.25, -0.2) is 9.78 Å². The van der Waals surface area contributed by atoms with Gasteiger partial charge >= 0.3 is 6.09 Å². The monoisotopic (exact) mass is 411 g/mol. The number of hydrogen-bond donors (Lipinski definition) is 1. The van der Waals surface area contributed by atoms with Gasteiger partial charge in [0.1, 0.15) is 12.4 Å². The Bertz CT molecular complexity index is 927. The van der Waals surface area contributed by atoms with Crippen molar-refractivity contribution in [2.75, 3.05) is 41.4 Å². The molecule has 30 heavy (non-hydrogen) atoms. The number of nitro groups is 1. The van der Waals surface area contributed by atoms with Gasteiger partial charge in [-0.05, 0) is 36.6 Å². The molecule has 4 rings (SSSR count). The minimum atomic E-state index is -0.495. The number of anilines is 3. The van der Waals surface area contributed by atoms with Crippen molar-refractivity contribution in [1.82, 2.24) is 4.98 Å². The van der Waals surface area contributed by atoms with E-state index in [1.165, 1.54) is 42.7 Å². The van der Waals surface area contributed by atoms with Crippen molar-refractivity contribution >= 4 is 29.0 Å². The molecule has 9 heteroatoms. The van der Waals surface area contributed by atoms with E-state index in [0.29, 0.717) is 24.5 Å². The van der Waals surface area contributed by atoms with Crippen LogP contribution in [0, 0.1) is 10.1 Å². The van der Waals surface area contributed by atoms with E-state index in [-0.39, 0.29) is 12.3 Å². The van der Waals surface area contributed by atoms with Crippen molar-refractivity contribution in [3.05, 3.63) is 52.2 Å². The topological polar surface area (TPSA) is 101 Å². The summed E-state index contributed by atoms with van der Waals surface area (Å²) in [5.74, 6) is 0.975. The number of nitrogens with zero attached hydrogens (tertiary/aromatic N) is 4. The summed E-state index contributed by atoms with van der Waals surface area (Å²) in [6.45, 7) is 3.19. The maximum atomic E-state index is 12.0. The number of non-ortho nitro benzene ring substituents is 1. The molecule has 158 valence electrons. The summed E-state index contributed by atoms with van der Waals surface area (Å²) in [7, 11) is 0. The third kappa shape index (κ3) is 4.45. The summed E-state index contributed by atoms with van der Waals surface area (Å²) in [5.41, 5.74) is 2.08. The lowest BCUT2D eigenvalue weighted by Crippen LogP contribution is -2.25. The van der Waals surface area contributed by atoms with Crippen LogP contribution in [-0.4, -0.2) is 42.2 Å². The molecule has 2 aliphatic heterocycles. The molecular formula is C21H25N5O4. The van der Waals surface area contributed by atoms with E-state index in [9.17, 15) is 14.9 Å². The van der Waals surface area contributed by atoms with Crippen molar-refractivity contribution in [2.45, 2.75) is 32.2 Å². The summed E-state index contributed by atoms with van der Waals surface area (Å²) in [5, 5.41) is 14.5. The number of pyridine rings is 1. The van der Waals surface area contributed by atoms with Crippen LogP contribution in [0.25, 0.3) is 0 Å². The van der Waals surface area contributed by atoms with Crippen molar-refractivity contribution in [3.8, 4) is 0 Å². The number of nitro benzene ring substituents is 1. The van der Waals surface area contributed by atoms with Crippen molar-refractivity contribution < 1.29 is 14.5 Å². The minimum Gasteiger partial charge on any atom is -0.447 e. The van der Waals surface area contributed by atoms with Crippen LogP contribution in [0.1, 0.15) is 31.2 Å². The zero-order valence-corrected chi connectivity index (χ0v) is 16.7. The highest BCUT2D eigenvalue weighted by molar-refractivity contribution is 5.94. The quantitative estimate of drug-likeness (QED) is 0.567. The first kappa shape index (κ1) is 19.9. The van der Waals surface area contributed by atoms with Gasteiger partial charge < -0.3 is 15.0 Å². The molecule has 1 aromatic heterocycles. The zero-order valence-electron chi connectivity index (χ0n) is 16.7. The van der Waals surface area contributed by atoms with Gasteiger partial charge in [-0.15, -0.1) is 0 Å². The highest BCUT2D eigenvalue weighted by atomic mass is 16.6. The molecule has 0 spiro atoms. The van der Waals surface area contributed by atoms with Gasteiger partial charge in [0, 0.05) is 38.0 Å². The summed E-state index contributed by atoms with van der Waals surface area (Å²) in [6, 6.07) is 8.50. The van der Waals surface area contributed by atoms with Crippen LogP contribution in [0.2, 0.25) is 0 Å². The second-order valence-corrected chi connectivity index (χ2v) is 7.50. The van der Waals surface area contributed by atoms with E-state index >= 15 is 0 Å². The number of carbonyl (C=O) groups excluding carboxylic acids is 1. The molecule has 2 aromatic rings. The number of amides is 1. The molecule has 0 aliphatic carbocycles. The number of aromatic nitrogens is 1. The molecule has 3 heterocycles. The molecule has 0 saturated carbocycles. The maximum Gasteiger partial charge on any atom is 0.414 e. The molecule has 1 amide bonds. The third-order valence-corrected chi connectivity index (χ3v) is 5.47. The number of rotatable bonds is 6. The van der Waals surface area contributed by atoms with E-state index < -0.39 is 11.0 Å². The average Bonchev–Trinajstić information content (AvgIpc) is 3.01. The molecular weight excluding hydrogens is 386 g/mol. The van der Waals surface area contributed by atoms with Gasteiger partial charge in [0.25, 0.3) is 5.69 Å². The number of hydrogen-bond acceptors (Lipinski definition) is 7. The SMILES string of the molecule is O=C1OCCN1c1cc([N+](=O)[O-])ccc1NCc1ccnc(N2CCCCCC2)c1. The average molecular weight is 411 g/mol. The van der Waals surface area contributed by atoms with Gasteiger partial charge in [-0.1, -0.05) is 12.8 Å². The van der Waals surface area contributed by atoms with Gasteiger partial charge in [-0.3, -0.25) is 15.0 Å². The second kappa shape index (κ2) is 8.98. The molecule has 0 atom stereocenters. The Morgan fingerprint density at radius 3 is 2.60 bits per heavy atom. The molecule has 2 fully saturated rings. The molecule has 0 unspecified atom stereocenters. The summed E-state index contributed by atoms with van der Waals surface area (Å²) in [6.07, 6.45) is 6.21. The van der Waals surface area contributed by atoms with E-state index in [4.69, 9.17) is 4.74 Å². The Hall–Kier alpha value is -3.36. The molecule has 2 aliphatic rings. The fourth-order valence-electron chi connectivity index (χ4n) is 3.86. The van der Waals surface area contributed by atoms with Crippen LogP contribution in [0.3, 0.4) is 0 Å². The second-order valence-electron chi connectivity index (χ2n) is 7.50. The van der Waals surface area contributed by atoms with Crippen LogP contribution < -0.4 is 15.1 Å². The van der Waals surface area contributed by atoms with E-state index in [2.05, 4.69) is 21.3 Å². The predicted octanol–water partition coefficient (Wildman–Crippen LogP) is 3.94. The van der Waals surface area contributed by atoms with Crippen LogP contribution in [0.15, 0.2) is 36.5 Å². The van der Waals surface area contributed by atoms with E-state index in [1.54, 1.807) is 6.07 Å². The molecule has 0 bridgehead atoms. The van der Waals surface area contributed by atoms with Crippen LogP contribution in [0.5, 0.6) is 0 Å². The smallest absolute Gasteiger partial charge is 0.414 e. The first-order valence-corrected chi connectivity index (χ1v) is 10.3. The van der Waals surface area contributed by atoms with Crippen molar-refractivity contribution in [3.63, 3.8) is 0 Å². The standard InChI is InChI=1S/C21H25N5O4/c27-21-25(11-12-30-21)19-14-17(26(28)29)5-6-18(19)23-15-16-7-8-22-20(13-16)24-9-3-1-2-4-10-24/h5-8,13-14,23H,1-4,9-12,15H2. The number of benzene rings is 1. The number of carbonyl (C=O) groups is 1. The van der Waals surface area contributed by atoms with Crippen LogP contribution in [-0.2, 0) is 11.3 Å². The third-order valence-electron chi connectivity index (χ3n) is 5.47. The maximum absolute atomic E-state index is 12.0. The Morgan fingerprint density at radius 2 is 1.90 bits per heavy atom. The molecule has 0 radical (unpaired) electrons. The first-order valence-electron chi connectivity index (χ1n) is 10.3. The van der Waals surface area contributed by atoms with Crippen LogP contribution >= 0.6 is 0 Å². The normalized spacial score (nSPS) is 16.9. The zero-order chi connectivity index (χ0) is 20.9. The molecule has 1 N–H and O–H groups in total. The first-order chi connectivity index (χ1) is 14.6. The van der Waals surface area contributed by atoms with Crippen molar-refractivity contribution in [1.29, 1.82) is 0 Å². The van der Waals surface area contributed by atoms with Crippen molar-refractivity contribution in [2.24, 2.45) is 0 Å². The highest BCUT2D eigenvalue weighted by Gasteiger charge is 2.27. The highest BCUT2D eigenvalue weighted by Crippen LogP contribution is 2.32. The number of ether oxygens (including phenoxy) is 1. The van der Waals surface area contributed by atoms with Gasteiger partial charge in [-0.2, -0.15) is 0 Å². The predicted molar refractivity (Wildman–Crippen MR) is 114 cm³/mol. The fraction of sp³-hybridized carbons (Fsp3) is 0.429. The fourth-order valence-corrected chi connectivity index (χ4v) is 3.86. The van der Waals surface area contributed by atoms with E-state index in [1.807, 2.05) is 12.3 Å². The largest absolute Gasteiger partial charge is 0.447 e. The summed E-state index contributed by atoms with van der Waals surface area (Å²) < 4.78 is 5.01. The van der Waals surface area contributed by atoms with E-state index in [0.717, 1.165) is 24.5 Å². The molecule has 2 saturated heterocycles. The molecule has 1 aromatic carbocycles. The van der Waals surface area contributed by atoms with Crippen LogP contribution in [0.4, 0.5) is 27.7 Å². The lowest BCUT2D eigenvalue weighted by molar-refractivity contribution is -0.384. The number of cyclic esters (lactones) is 1. The lowest BCUT2D eigenvalue weighted by atomic mass is 10.2. The Kier molecular flexibility index (Phi) is 5.97. The molecule has 9 nitrogen and oxygen atoms in total. The summed E-state index contributed by atoms with van der Waals surface area (Å²) in [4.78, 5) is 31.0. The minimum absolute atomic E-state index is 0.0670. The Labute approximate surface area is 174 Å². The lowest BCUT2D eigenvalue weighted by Gasteiger charge is -2.22.